The van der Waals surface area contributed by atoms with Gasteiger partial charge in [0.2, 0.25) is 12.7 Å². The summed E-state index contributed by atoms with van der Waals surface area (Å²) >= 11 is 1.48. The molecule has 0 unspecified atom stereocenters. The first-order valence-electron chi connectivity index (χ1n) is 8.76. The molecule has 1 aliphatic carbocycles. The van der Waals surface area contributed by atoms with Gasteiger partial charge in [-0.05, 0) is 37.6 Å². The molecule has 2 aliphatic rings. The third-order valence-corrected chi connectivity index (χ3v) is 5.80. The van der Waals surface area contributed by atoms with Gasteiger partial charge in [0.05, 0.1) is 11.4 Å². The summed E-state index contributed by atoms with van der Waals surface area (Å²) in [4.78, 5) is 18.2. The predicted molar refractivity (Wildman–Crippen MR) is 101 cm³/mol. The van der Waals surface area contributed by atoms with Gasteiger partial charge in [-0.3, -0.25) is 9.48 Å². The second kappa shape index (κ2) is 6.09. The number of aromatic nitrogens is 3. The van der Waals surface area contributed by atoms with E-state index in [0.29, 0.717) is 5.13 Å². The summed E-state index contributed by atoms with van der Waals surface area (Å²) in [5, 5.41) is 7.99. The van der Waals surface area contributed by atoms with E-state index in [0.717, 1.165) is 39.7 Å². The largest absolute Gasteiger partial charge is 0.454 e. The van der Waals surface area contributed by atoms with Gasteiger partial charge in [0.1, 0.15) is 0 Å². The van der Waals surface area contributed by atoms with Crippen LogP contribution in [0.3, 0.4) is 0 Å². The van der Waals surface area contributed by atoms with E-state index in [9.17, 15) is 4.79 Å². The maximum atomic E-state index is 12.6. The van der Waals surface area contributed by atoms with E-state index in [1.807, 2.05) is 44.4 Å². The zero-order chi connectivity index (χ0) is 18.5. The van der Waals surface area contributed by atoms with Gasteiger partial charge < -0.3 is 14.8 Å². The highest BCUT2D eigenvalue weighted by molar-refractivity contribution is 7.16. The van der Waals surface area contributed by atoms with Crippen LogP contribution in [0.2, 0.25) is 0 Å². The minimum absolute atomic E-state index is 0.0108. The van der Waals surface area contributed by atoms with Crippen LogP contribution in [0, 0.1) is 12.8 Å². The van der Waals surface area contributed by atoms with E-state index < -0.39 is 0 Å². The number of benzene rings is 1. The highest BCUT2D eigenvalue weighted by Crippen LogP contribution is 2.47. The Morgan fingerprint density at radius 3 is 2.96 bits per heavy atom. The number of carbonyl (C=O) groups is 1. The monoisotopic (exact) mass is 382 g/mol. The van der Waals surface area contributed by atoms with Crippen LogP contribution >= 0.6 is 11.3 Å². The first-order chi connectivity index (χ1) is 13.1. The van der Waals surface area contributed by atoms with Crippen molar-refractivity contribution in [1.29, 1.82) is 0 Å². The van der Waals surface area contributed by atoms with Gasteiger partial charge in [0.15, 0.2) is 16.6 Å². The molecule has 1 saturated carbocycles. The van der Waals surface area contributed by atoms with Crippen LogP contribution in [0.4, 0.5) is 5.13 Å². The van der Waals surface area contributed by atoms with E-state index >= 15 is 0 Å². The summed E-state index contributed by atoms with van der Waals surface area (Å²) in [7, 11) is 1.89. The molecular weight excluding hydrogens is 364 g/mol. The Morgan fingerprint density at radius 1 is 1.30 bits per heavy atom. The molecule has 0 bridgehead atoms. The lowest BCUT2D eigenvalue weighted by Crippen LogP contribution is -2.14. The molecule has 0 spiro atoms. The van der Waals surface area contributed by atoms with Crippen LogP contribution in [0.15, 0.2) is 30.5 Å². The molecule has 5 rings (SSSR count). The van der Waals surface area contributed by atoms with Crippen molar-refractivity contribution in [2.75, 3.05) is 12.1 Å². The first kappa shape index (κ1) is 16.3. The molecule has 138 valence electrons. The number of fused-ring (bicyclic) bond motifs is 1. The number of amides is 1. The highest BCUT2D eigenvalue weighted by Gasteiger charge is 2.45. The lowest BCUT2D eigenvalue weighted by Gasteiger charge is -2.01. The Kier molecular flexibility index (Phi) is 3.68. The van der Waals surface area contributed by atoms with Gasteiger partial charge in [0.25, 0.3) is 0 Å². The number of nitrogens with zero attached hydrogens (tertiary/aromatic N) is 3. The number of ether oxygens (including phenoxy) is 2. The maximum Gasteiger partial charge on any atom is 0.231 e. The molecule has 1 aromatic carbocycles. The Balaban J connectivity index is 1.31. The molecule has 1 fully saturated rings. The van der Waals surface area contributed by atoms with Crippen molar-refractivity contribution in [3.8, 4) is 22.8 Å². The van der Waals surface area contributed by atoms with Crippen LogP contribution in [0.25, 0.3) is 11.3 Å². The van der Waals surface area contributed by atoms with Crippen molar-refractivity contribution in [1.82, 2.24) is 14.8 Å². The molecule has 3 aromatic rings. The quantitative estimate of drug-likeness (QED) is 0.749. The van der Waals surface area contributed by atoms with Gasteiger partial charge in [-0.1, -0.05) is 0 Å². The van der Waals surface area contributed by atoms with E-state index in [1.165, 1.54) is 11.3 Å². The molecular formula is C19H18N4O3S. The van der Waals surface area contributed by atoms with E-state index in [2.05, 4.69) is 15.4 Å². The Morgan fingerprint density at radius 2 is 2.15 bits per heavy atom. The second-order valence-electron chi connectivity index (χ2n) is 6.84. The normalized spacial score (nSPS) is 19.9. The van der Waals surface area contributed by atoms with Crippen molar-refractivity contribution in [2.45, 2.75) is 19.3 Å². The highest BCUT2D eigenvalue weighted by atomic mass is 32.1. The van der Waals surface area contributed by atoms with E-state index in [-0.39, 0.29) is 24.5 Å². The van der Waals surface area contributed by atoms with Gasteiger partial charge in [-0.15, -0.1) is 11.3 Å². The first-order valence-corrected chi connectivity index (χ1v) is 9.58. The van der Waals surface area contributed by atoms with Crippen molar-refractivity contribution in [3.63, 3.8) is 0 Å². The number of anilines is 1. The summed E-state index contributed by atoms with van der Waals surface area (Å²) < 4.78 is 12.6. The number of nitrogens with one attached hydrogen (secondary N) is 1. The topological polar surface area (TPSA) is 78.3 Å². The van der Waals surface area contributed by atoms with Crippen molar-refractivity contribution in [2.24, 2.45) is 13.0 Å². The number of hydrogen-bond acceptors (Lipinski definition) is 6. The van der Waals surface area contributed by atoms with Crippen molar-refractivity contribution in [3.05, 3.63) is 41.0 Å². The third kappa shape index (κ3) is 2.95. The maximum absolute atomic E-state index is 12.6. The molecule has 1 N–H and O–H groups in total. The second-order valence-corrected chi connectivity index (χ2v) is 8.05. The predicted octanol–water partition coefficient (Wildman–Crippen LogP) is 3.32. The van der Waals surface area contributed by atoms with Crippen LogP contribution < -0.4 is 14.8 Å². The number of thiazole rings is 1. The summed E-state index contributed by atoms with van der Waals surface area (Å²) in [5.41, 5.74) is 2.78. The Bertz CT molecular complexity index is 1040. The smallest absolute Gasteiger partial charge is 0.231 e. The fourth-order valence-corrected chi connectivity index (χ4v) is 4.24. The van der Waals surface area contributed by atoms with Gasteiger partial charge in [-0.2, -0.15) is 5.10 Å². The molecule has 3 heterocycles. The molecule has 0 saturated heterocycles. The van der Waals surface area contributed by atoms with Crippen molar-refractivity contribution >= 4 is 22.4 Å². The number of rotatable bonds is 4. The molecule has 1 aliphatic heterocycles. The van der Waals surface area contributed by atoms with Gasteiger partial charge >= 0.3 is 0 Å². The number of aryl methyl sites for hydroxylation is 2. The Hall–Kier alpha value is -2.87. The lowest BCUT2D eigenvalue weighted by atomic mass is 10.1. The van der Waals surface area contributed by atoms with Crippen LogP contribution in [-0.4, -0.2) is 27.5 Å². The minimum Gasteiger partial charge on any atom is -0.454 e. The fraction of sp³-hybridized carbons (Fsp3) is 0.316. The summed E-state index contributed by atoms with van der Waals surface area (Å²) in [6.07, 6.45) is 2.74. The minimum atomic E-state index is -0.0295. The van der Waals surface area contributed by atoms with E-state index in [1.54, 1.807) is 4.68 Å². The fourth-order valence-electron chi connectivity index (χ4n) is 3.40. The summed E-state index contributed by atoms with van der Waals surface area (Å²) in [5.74, 6) is 1.66. The zero-order valence-corrected chi connectivity index (χ0v) is 15.7. The third-order valence-electron chi connectivity index (χ3n) is 4.91. The molecule has 7 nitrogen and oxygen atoms in total. The molecule has 2 aromatic heterocycles. The molecule has 0 radical (unpaired) electrons. The molecule has 8 heteroatoms. The summed E-state index contributed by atoms with van der Waals surface area (Å²) in [6, 6.07) is 7.74. The van der Waals surface area contributed by atoms with Gasteiger partial charge in [0, 0.05) is 35.5 Å². The van der Waals surface area contributed by atoms with E-state index in [4.69, 9.17) is 9.47 Å². The van der Waals surface area contributed by atoms with Crippen LogP contribution in [0.1, 0.15) is 22.9 Å². The van der Waals surface area contributed by atoms with Gasteiger partial charge in [-0.25, -0.2) is 4.98 Å². The molecule has 27 heavy (non-hydrogen) atoms. The van der Waals surface area contributed by atoms with Crippen molar-refractivity contribution < 1.29 is 14.3 Å². The zero-order valence-electron chi connectivity index (χ0n) is 14.9. The standard InChI is InChI=1S/C19H18N4O3S/c1-10-17(11-3-4-15-16(7-11)26-9-25-15)20-19(27-10)21-18(24)13-8-12(13)14-5-6-23(2)22-14/h3-7,12-13H,8-9H2,1-2H3,(H,20,21,24)/t12-,13-/m1/s1. The number of hydrogen-bond donors (Lipinski definition) is 1. The summed E-state index contributed by atoms with van der Waals surface area (Å²) in [6.45, 7) is 2.25. The number of carbonyl (C=O) groups excluding carboxylic acids is 1. The lowest BCUT2D eigenvalue weighted by molar-refractivity contribution is -0.117. The van der Waals surface area contributed by atoms with Crippen LogP contribution in [-0.2, 0) is 11.8 Å². The average Bonchev–Trinajstić information content (AvgIpc) is 2.95. The SMILES string of the molecule is Cc1sc(NC(=O)[C@@H]2C[C@H]2c2ccn(C)n2)nc1-c1ccc2c(c1)OCO2. The van der Waals surface area contributed by atoms with Crippen LogP contribution in [0.5, 0.6) is 11.5 Å². The molecule has 1 amide bonds. The molecule has 2 atom stereocenters. The Labute approximate surface area is 159 Å². The average molecular weight is 382 g/mol.